The fourth-order valence-electron chi connectivity index (χ4n) is 2.64. The SMILES string of the molecule is Cc1nsc(N2CCN(C(=O)c3ccccc3O)CC2)c1C#N. The van der Waals surface area contributed by atoms with Crippen LogP contribution in [0.2, 0.25) is 0 Å². The van der Waals surface area contributed by atoms with Crippen molar-refractivity contribution in [3.63, 3.8) is 0 Å². The number of aromatic hydroxyl groups is 1. The van der Waals surface area contributed by atoms with Crippen LogP contribution in [0, 0.1) is 18.3 Å². The van der Waals surface area contributed by atoms with Gasteiger partial charge in [-0.3, -0.25) is 4.79 Å². The number of para-hydroxylation sites is 1. The summed E-state index contributed by atoms with van der Waals surface area (Å²) in [5.41, 5.74) is 1.70. The van der Waals surface area contributed by atoms with Gasteiger partial charge < -0.3 is 14.9 Å². The van der Waals surface area contributed by atoms with Crippen LogP contribution >= 0.6 is 11.5 Å². The average Bonchev–Trinajstić information content (AvgIpc) is 2.95. The number of piperazine rings is 1. The number of benzene rings is 1. The minimum atomic E-state index is -0.163. The van der Waals surface area contributed by atoms with Gasteiger partial charge in [-0.15, -0.1) is 0 Å². The number of phenols is 1. The van der Waals surface area contributed by atoms with Crippen LogP contribution in [0.15, 0.2) is 24.3 Å². The second-order valence-corrected chi connectivity index (χ2v) is 6.11. The zero-order chi connectivity index (χ0) is 16.4. The van der Waals surface area contributed by atoms with Crippen LogP contribution in [0.1, 0.15) is 21.6 Å². The number of rotatable bonds is 2. The standard InChI is InChI=1S/C16H16N4O2S/c1-11-13(10-17)16(23-18-11)20-8-6-19(7-9-20)15(22)12-4-2-3-5-14(12)21/h2-5,21H,6-9H2,1H3. The van der Waals surface area contributed by atoms with Crippen molar-refractivity contribution in [2.24, 2.45) is 0 Å². The van der Waals surface area contributed by atoms with Crippen molar-refractivity contribution in [1.29, 1.82) is 5.26 Å². The summed E-state index contributed by atoms with van der Waals surface area (Å²) in [7, 11) is 0. The lowest BCUT2D eigenvalue weighted by Gasteiger charge is -2.35. The van der Waals surface area contributed by atoms with Crippen LogP contribution < -0.4 is 4.90 Å². The lowest BCUT2D eigenvalue weighted by molar-refractivity contribution is 0.0744. The van der Waals surface area contributed by atoms with Gasteiger partial charge in [0.2, 0.25) is 0 Å². The van der Waals surface area contributed by atoms with E-state index in [-0.39, 0.29) is 11.7 Å². The fourth-order valence-corrected chi connectivity index (χ4v) is 3.54. The molecule has 0 unspecified atom stereocenters. The van der Waals surface area contributed by atoms with Crippen LogP contribution in [0.5, 0.6) is 5.75 Å². The molecule has 1 aliphatic rings. The predicted molar refractivity (Wildman–Crippen MR) is 87.8 cm³/mol. The second-order valence-electron chi connectivity index (χ2n) is 5.36. The average molecular weight is 328 g/mol. The Kier molecular flexibility index (Phi) is 4.17. The van der Waals surface area contributed by atoms with Gasteiger partial charge in [0.25, 0.3) is 5.91 Å². The molecular weight excluding hydrogens is 312 g/mol. The van der Waals surface area contributed by atoms with Crippen LogP contribution in [0.25, 0.3) is 0 Å². The Morgan fingerprint density at radius 3 is 2.65 bits per heavy atom. The van der Waals surface area contributed by atoms with Gasteiger partial charge in [-0.05, 0) is 30.6 Å². The summed E-state index contributed by atoms with van der Waals surface area (Å²) in [6.45, 7) is 4.23. The maximum Gasteiger partial charge on any atom is 0.257 e. The van der Waals surface area contributed by atoms with Gasteiger partial charge in [0.05, 0.1) is 11.3 Å². The largest absolute Gasteiger partial charge is 0.507 e. The highest BCUT2D eigenvalue weighted by atomic mass is 32.1. The number of amides is 1. The molecule has 1 amide bonds. The Hall–Kier alpha value is -2.59. The van der Waals surface area contributed by atoms with E-state index in [1.807, 2.05) is 6.92 Å². The van der Waals surface area contributed by atoms with Crippen LogP contribution in [0.4, 0.5) is 5.00 Å². The van der Waals surface area contributed by atoms with E-state index in [4.69, 9.17) is 0 Å². The number of aryl methyl sites for hydroxylation is 1. The first-order valence-electron chi connectivity index (χ1n) is 7.30. The molecule has 0 aliphatic carbocycles. The van der Waals surface area contributed by atoms with E-state index in [0.717, 1.165) is 10.7 Å². The van der Waals surface area contributed by atoms with E-state index < -0.39 is 0 Å². The van der Waals surface area contributed by atoms with E-state index >= 15 is 0 Å². The Morgan fingerprint density at radius 1 is 1.30 bits per heavy atom. The van der Waals surface area contributed by atoms with Gasteiger partial charge in [0.1, 0.15) is 22.4 Å². The number of hydrogen-bond acceptors (Lipinski definition) is 6. The minimum absolute atomic E-state index is 0.00442. The molecule has 0 bridgehead atoms. The van der Waals surface area contributed by atoms with Gasteiger partial charge in [-0.25, -0.2) is 0 Å². The number of nitriles is 1. The number of phenolic OH excluding ortho intramolecular Hbond substituents is 1. The molecule has 1 fully saturated rings. The highest BCUT2D eigenvalue weighted by molar-refractivity contribution is 7.10. The summed E-state index contributed by atoms with van der Waals surface area (Å²) < 4.78 is 4.24. The molecule has 6 nitrogen and oxygen atoms in total. The molecule has 2 heterocycles. The van der Waals surface area contributed by atoms with E-state index in [1.54, 1.807) is 23.1 Å². The third-order valence-electron chi connectivity index (χ3n) is 3.95. The molecule has 3 rings (SSSR count). The van der Waals surface area contributed by atoms with E-state index in [0.29, 0.717) is 37.3 Å². The highest BCUT2D eigenvalue weighted by Gasteiger charge is 2.26. The van der Waals surface area contributed by atoms with E-state index in [9.17, 15) is 15.2 Å². The molecule has 1 aromatic heterocycles. The van der Waals surface area contributed by atoms with Gasteiger partial charge in [0.15, 0.2) is 0 Å². The minimum Gasteiger partial charge on any atom is -0.507 e. The number of carbonyl (C=O) groups excluding carboxylic acids is 1. The molecule has 23 heavy (non-hydrogen) atoms. The van der Waals surface area contributed by atoms with Crippen LogP contribution in [-0.2, 0) is 0 Å². The summed E-state index contributed by atoms with van der Waals surface area (Å²) in [5.74, 6) is -0.159. The number of aromatic nitrogens is 1. The fraction of sp³-hybridized carbons (Fsp3) is 0.312. The smallest absolute Gasteiger partial charge is 0.257 e. The first-order chi connectivity index (χ1) is 11.1. The summed E-state index contributed by atoms with van der Waals surface area (Å²) in [6, 6.07) is 8.78. The first kappa shape index (κ1) is 15.3. The third-order valence-corrected chi connectivity index (χ3v) is 4.95. The topological polar surface area (TPSA) is 80.5 Å². The van der Waals surface area contributed by atoms with E-state index in [2.05, 4.69) is 15.3 Å². The maximum atomic E-state index is 12.5. The Bertz CT molecular complexity index is 773. The van der Waals surface area contributed by atoms with Crippen molar-refractivity contribution in [3.8, 4) is 11.8 Å². The highest BCUT2D eigenvalue weighted by Crippen LogP contribution is 2.29. The van der Waals surface area contributed by atoms with Crippen molar-refractivity contribution in [2.45, 2.75) is 6.92 Å². The molecule has 1 saturated heterocycles. The number of carbonyl (C=O) groups is 1. The predicted octanol–water partition coefficient (Wildman–Crippen LogP) is 1.99. The zero-order valence-electron chi connectivity index (χ0n) is 12.7. The molecule has 7 heteroatoms. The van der Waals surface area contributed by atoms with Crippen LogP contribution in [0.3, 0.4) is 0 Å². The molecule has 0 saturated carbocycles. The van der Waals surface area contributed by atoms with Crippen molar-refractivity contribution in [1.82, 2.24) is 9.27 Å². The van der Waals surface area contributed by atoms with Crippen molar-refractivity contribution in [2.75, 3.05) is 31.1 Å². The molecule has 2 aromatic rings. The van der Waals surface area contributed by atoms with Crippen molar-refractivity contribution in [3.05, 3.63) is 41.1 Å². The molecule has 0 radical (unpaired) electrons. The number of nitrogens with zero attached hydrogens (tertiary/aromatic N) is 4. The van der Waals surface area contributed by atoms with Gasteiger partial charge in [-0.1, -0.05) is 12.1 Å². The summed E-state index contributed by atoms with van der Waals surface area (Å²) in [5, 5.41) is 19.9. The third kappa shape index (κ3) is 2.85. The quantitative estimate of drug-likeness (QED) is 0.912. The molecule has 0 spiro atoms. The van der Waals surface area contributed by atoms with Crippen LogP contribution in [-0.4, -0.2) is 46.5 Å². The lowest BCUT2D eigenvalue weighted by atomic mass is 10.1. The molecule has 0 atom stereocenters. The van der Waals surface area contributed by atoms with E-state index in [1.165, 1.54) is 17.6 Å². The summed E-state index contributed by atoms with van der Waals surface area (Å²) in [6.07, 6.45) is 0. The van der Waals surface area contributed by atoms with Gasteiger partial charge in [-0.2, -0.15) is 9.64 Å². The first-order valence-corrected chi connectivity index (χ1v) is 8.07. The Labute approximate surface area is 138 Å². The lowest BCUT2D eigenvalue weighted by Crippen LogP contribution is -2.48. The van der Waals surface area contributed by atoms with Crippen molar-refractivity contribution < 1.29 is 9.90 Å². The van der Waals surface area contributed by atoms with Gasteiger partial charge in [0, 0.05) is 26.2 Å². The molecule has 1 aromatic carbocycles. The molecule has 1 N–H and O–H groups in total. The molecule has 118 valence electrons. The maximum absolute atomic E-state index is 12.5. The summed E-state index contributed by atoms with van der Waals surface area (Å²) in [4.78, 5) is 16.3. The Morgan fingerprint density at radius 2 is 2.00 bits per heavy atom. The monoisotopic (exact) mass is 328 g/mol. The number of hydrogen-bond donors (Lipinski definition) is 1. The zero-order valence-corrected chi connectivity index (χ0v) is 13.5. The summed E-state index contributed by atoms with van der Waals surface area (Å²) >= 11 is 1.33. The van der Waals surface area contributed by atoms with Gasteiger partial charge >= 0.3 is 0 Å². The van der Waals surface area contributed by atoms with Crippen molar-refractivity contribution >= 4 is 22.4 Å². The number of anilines is 1. The Balaban J connectivity index is 1.70. The second kappa shape index (κ2) is 6.26. The molecule has 1 aliphatic heterocycles. The normalized spacial score (nSPS) is 14.6. The molecular formula is C16H16N4O2S.